The van der Waals surface area contributed by atoms with Gasteiger partial charge < -0.3 is 24.9 Å². The molecule has 0 amide bonds. The summed E-state index contributed by atoms with van der Waals surface area (Å²) in [5, 5.41) is 28.8. The van der Waals surface area contributed by atoms with Crippen molar-refractivity contribution in [3.05, 3.63) is 52.3 Å². The third kappa shape index (κ3) is 3.80. The number of aliphatic hydroxyl groups is 3. The van der Waals surface area contributed by atoms with Crippen molar-refractivity contribution in [2.24, 2.45) is 0 Å². The number of anilines is 1. The van der Waals surface area contributed by atoms with Crippen LogP contribution in [-0.4, -0.2) is 60.7 Å². The van der Waals surface area contributed by atoms with E-state index in [0.29, 0.717) is 5.69 Å². The first-order valence-corrected chi connectivity index (χ1v) is 8.03. The predicted molar refractivity (Wildman–Crippen MR) is 89.5 cm³/mol. The Morgan fingerprint density at radius 2 is 2.15 bits per heavy atom. The minimum Gasteiger partial charge on any atom is -0.394 e. The third-order valence-corrected chi connectivity index (χ3v) is 4.10. The van der Waals surface area contributed by atoms with E-state index in [9.17, 15) is 19.8 Å². The summed E-state index contributed by atoms with van der Waals surface area (Å²) >= 11 is 0. The van der Waals surface area contributed by atoms with Crippen molar-refractivity contribution in [1.29, 1.82) is 0 Å². The van der Waals surface area contributed by atoms with Gasteiger partial charge in [-0.25, -0.2) is 9.59 Å². The molecule has 27 heavy (non-hydrogen) atoms. The highest BCUT2D eigenvalue weighted by molar-refractivity contribution is 5.90. The van der Waals surface area contributed by atoms with Crippen LogP contribution in [0.25, 0.3) is 0 Å². The SMILES string of the molecule is Cc1ncccc1C(=O)ONc1ccn([C@@H]2O[C@H](CO)[C@@H](O)[C@H]2O)c(=O)n1. The number of rotatable bonds is 5. The van der Waals surface area contributed by atoms with Gasteiger partial charge in [0.05, 0.1) is 17.9 Å². The maximum Gasteiger partial charge on any atom is 0.364 e. The lowest BCUT2D eigenvalue weighted by Gasteiger charge is -2.17. The van der Waals surface area contributed by atoms with Crippen LogP contribution in [0.1, 0.15) is 22.3 Å². The Hall–Kier alpha value is -2.86. The summed E-state index contributed by atoms with van der Waals surface area (Å²) in [5.74, 6) is -0.743. The minimum atomic E-state index is -1.41. The van der Waals surface area contributed by atoms with Crippen molar-refractivity contribution >= 4 is 11.8 Å². The summed E-state index contributed by atoms with van der Waals surface area (Å²) in [6, 6.07) is 4.45. The largest absolute Gasteiger partial charge is 0.394 e. The van der Waals surface area contributed by atoms with Gasteiger partial charge in [-0.2, -0.15) is 10.5 Å². The van der Waals surface area contributed by atoms with E-state index in [4.69, 9.17) is 14.7 Å². The summed E-state index contributed by atoms with van der Waals surface area (Å²) < 4.78 is 6.23. The monoisotopic (exact) mass is 378 g/mol. The number of hydrogen-bond acceptors (Lipinski definition) is 10. The Morgan fingerprint density at radius 1 is 1.37 bits per heavy atom. The fourth-order valence-electron chi connectivity index (χ4n) is 2.63. The second kappa shape index (κ2) is 7.80. The molecule has 0 aromatic carbocycles. The van der Waals surface area contributed by atoms with Crippen molar-refractivity contribution in [3.8, 4) is 0 Å². The van der Waals surface area contributed by atoms with Gasteiger partial charge in [-0.05, 0) is 19.1 Å². The van der Waals surface area contributed by atoms with Crippen molar-refractivity contribution in [1.82, 2.24) is 14.5 Å². The average Bonchev–Trinajstić information content (AvgIpc) is 2.95. The fourth-order valence-corrected chi connectivity index (χ4v) is 2.63. The van der Waals surface area contributed by atoms with E-state index in [2.05, 4.69) is 15.4 Å². The quantitative estimate of drug-likeness (QED) is 0.463. The van der Waals surface area contributed by atoms with Crippen LogP contribution in [0.5, 0.6) is 0 Å². The third-order valence-electron chi connectivity index (χ3n) is 4.10. The molecule has 0 unspecified atom stereocenters. The molecule has 3 rings (SSSR count). The van der Waals surface area contributed by atoms with Gasteiger partial charge in [-0.15, -0.1) is 0 Å². The zero-order valence-corrected chi connectivity index (χ0v) is 14.2. The van der Waals surface area contributed by atoms with Gasteiger partial charge in [0.1, 0.15) is 18.3 Å². The van der Waals surface area contributed by atoms with Gasteiger partial charge in [0.25, 0.3) is 0 Å². The van der Waals surface area contributed by atoms with E-state index in [0.717, 1.165) is 4.57 Å². The molecular formula is C16H18N4O7. The molecule has 4 atom stereocenters. The number of pyridine rings is 1. The molecule has 11 nitrogen and oxygen atoms in total. The Morgan fingerprint density at radius 3 is 2.78 bits per heavy atom. The number of carbonyl (C=O) groups excluding carboxylic acids is 1. The highest BCUT2D eigenvalue weighted by atomic mass is 16.7. The maximum absolute atomic E-state index is 12.2. The number of aliphatic hydroxyl groups excluding tert-OH is 3. The molecule has 11 heteroatoms. The van der Waals surface area contributed by atoms with Crippen molar-refractivity contribution < 1.29 is 29.7 Å². The highest BCUT2D eigenvalue weighted by Crippen LogP contribution is 2.28. The van der Waals surface area contributed by atoms with Gasteiger partial charge >= 0.3 is 11.7 Å². The van der Waals surface area contributed by atoms with Crippen molar-refractivity contribution in [3.63, 3.8) is 0 Å². The Kier molecular flexibility index (Phi) is 5.46. The van der Waals surface area contributed by atoms with E-state index in [1.807, 2.05) is 0 Å². The number of carbonyl (C=O) groups is 1. The van der Waals surface area contributed by atoms with Crippen LogP contribution in [-0.2, 0) is 9.57 Å². The Bertz CT molecular complexity index is 887. The molecule has 1 aliphatic rings. The zero-order chi connectivity index (χ0) is 19.6. The van der Waals surface area contributed by atoms with Crippen LogP contribution in [0.3, 0.4) is 0 Å². The molecular weight excluding hydrogens is 360 g/mol. The van der Waals surface area contributed by atoms with Crippen LogP contribution < -0.4 is 11.2 Å². The normalized spacial score (nSPS) is 24.6. The number of hydrogen-bond donors (Lipinski definition) is 4. The molecule has 2 aromatic heterocycles. The molecule has 0 saturated carbocycles. The summed E-state index contributed by atoms with van der Waals surface area (Å²) in [5.41, 5.74) is 2.20. The second-order valence-electron chi connectivity index (χ2n) is 5.86. The zero-order valence-electron chi connectivity index (χ0n) is 14.2. The van der Waals surface area contributed by atoms with Crippen LogP contribution in [0, 0.1) is 6.92 Å². The Labute approximate surface area is 152 Å². The smallest absolute Gasteiger partial charge is 0.364 e. The van der Waals surface area contributed by atoms with Gasteiger partial charge in [-0.1, -0.05) is 0 Å². The molecule has 1 saturated heterocycles. The molecule has 0 aliphatic carbocycles. The number of ether oxygens (including phenoxy) is 1. The van der Waals surface area contributed by atoms with Crippen molar-refractivity contribution in [2.75, 3.05) is 12.1 Å². The van der Waals surface area contributed by atoms with Crippen LogP contribution in [0.2, 0.25) is 0 Å². The first-order chi connectivity index (χ1) is 12.9. The highest BCUT2D eigenvalue weighted by Gasteiger charge is 2.43. The summed E-state index contributed by atoms with van der Waals surface area (Å²) in [4.78, 5) is 36.7. The summed E-state index contributed by atoms with van der Waals surface area (Å²) in [7, 11) is 0. The number of nitrogens with one attached hydrogen (secondary N) is 1. The molecule has 144 valence electrons. The number of aromatic nitrogens is 3. The van der Waals surface area contributed by atoms with E-state index in [1.165, 1.54) is 12.3 Å². The second-order valence-corrected chi connectivity index (χ2v) is 5.86. The van der Waals surface area contributed by atoms with E-state index in [1.54, 1.807) is 25.3 Å². The lowest BCUT2D eigenvalue weighted by Crippen LogP contribution is -2.36. The van der Waals surface area contributed by atoms with E-state index >= 15 is 0 Å². The van der Waals surface area contributed by atoms with E-state index in [-0.39, 0.29) is 11.4 Å². The standard InChI is InChI=1S/C16H18N4O7/c1-8-9(3-2-5-17-8)15(24)27-19-11-4-6-20(16(25)18-11)14-13(23)12(22)10(7-21)26-14/h2-6,10,12-14,21-23H,7H2,1H3,(H,18,19,25)/t10-,12-,13-,14-/m1/s1. The number of aryl methyl sites for hydroxylation is 1. The summed E-state index contributed by atoms with van der Waals surface area (Å²) in [6.07, 6.45) is -2.18. The maximum atomic E-state index is 12.2. The molecule has 1 fully saturated rings. The molecule has 1 aliphatic heterocycles. The predicted octanol–water partition coefficient (Wildman–Crippen LogP) is -1.26. The molecule has 4 N–H and O–H groups in total. The van der Waals surface area contributed by atoms with Crippen LogP contribution in [0.15, 0.2) is 35.4 Å². The molecule has 3 heterocycles. The van der Waals surface area contributed by atoms with Gasteiger partial charge in [0.15, 0.2) is 12.0 Å². The average molecular weight is 378 g/mol. The van der Waals surface area contributed by atoms with Gasteiger partial charge in [0, 0.05) is 18.5 Å². The lowest BCUT2D eigenvalue weighted by molar-refractivity contribution is -0.0549. The number of nitrogens with zero attached hydrogens (tertiary/aromatic N) is 3. The first-order valence-electron chi connectivity index (χ1n) is 8.03. The first kappa shape index (κ1) is 18.9. The van der Waals surface area contributed by atoms with Crippen molar-refractivity contribution in [2.45, 2.75) is 31.5 Å². The summed E-state index contributed by atoms with van der Waals surface area (Å²) in [6.45, 7) is 1.14. The molecule has 0 spiro atoms. The van der Waals surface area contributed by atoms with Crippen LogP contribution in [0.4, 0.5) is 5.82 Å². The Balaban J connectivity index is 1.70. The topological polar surface area (TPSA) is 156 Å². The molecule has 0 radical (unpaired) electrons. The van der Waals surface area contributed by atoms with Crippen LogP contribution >= 0.6 is 0 Å². The van der Waals surface area contributed by atoms with Gasteiger partial charge in [-0.3, -0.25) is 9.55 Å². The fraction of sp³-hybridized carbons (Fsp3) is 0.375. The van der Waals surface area contributed by atoms with E-state index < -0.39 is 42.8 Å². The minimum absolute atomic E-state index is 0.0436. The lowest BCUT2D eigenvalue weighted by atomic mass is 10.1. The van der Waals surface area contributed by atoms with Gasteiger partial charge in [0.2, 0.25) is 0 Å². The molecule has 2 aromatic rings. The molecule has 0 bridgehead atoms.